The number of rotatable bonds is 1. The molecule has 0 aliphatic carbocycles. The maximum absolute atomic E-state index is 5.61. The van der Waals surface area contributed by atoms with Crippen LogP contribution in [0.15, 0.2) is 12.1 Å². The van der Waals surface area contributed by atoms with Crippen LogP contribution in [-0.4, -0.2) is 9.55 Å². The van der Waals surface area contributed by atoms with Gasteiger partial charge in [0.15, 0.2) is 0 Å². The number of fused-ring (bicyclic) bond motifs is 1. The number of nitrogens with two attached hydrogens (primary N) is 1. The van der Waals surface area contributed by atoms with Crippen LogP contribution in [0.25, 0.3) is 11.0 Å². The van der Waals surface area contributed by atoms with Crippen LogP contribution >= 0.6 is 0 Å². The van der Waals surface area contributed by atoms with E-state index in [-0.39, 0.29) is 0 Å². The molecule has 2 N–H and O–H groups in total. The van der Waals surface area contributed by atoms with Crippen molar-refractivity contribution in [2.45, 2.75) is 20.4 Å². The molecule has 1 aromatic heterocycles. The Morgan fingerprint density at radius 2 is 1.93 bits per heavy atom. The topological polar surface area (TPSA) is 43.8 Å². The lowest BCUT2D eigenvalue weighted by Crippen LogP contribution is -2.04. The number of hydrogen-bond donors (Lipinski definition) is 1. The molecule has 0 bridgehead atoms. The molecule has 0 spiro atoms. The molecule has 0 fully saturated rings. The molecule has 74 valence electrons. The molecule has 3 nitrogen and oxygen atoms in total. The van der Waals surface area contributed by atoms with E-state index in [4.69, 9.17) is 5.73 Å². The molecule has 0 unspecified atom stereocenters. The van der Waals surface area contributed by atoms with Crippen LogP contribution in [0.4, 0.5) is 0 Å². The Morgan fingerprint density at radius 3 is 2.57 bits per heavy atom. The fraction of sp³-hybridized carbons (Fsp3) is 0.364. The summed E-state index contributed by atoms with van der Waals surface area (Å²) in [5, 5.41) is 0. The summed E-state index contributed by atoms with van der Waals surface area (Å²) in [5.41, 5.74) is 10.4. The molecule has 3 heteroatoms. The quantitative estimate of drug-likeness (QED) is 0.741. The van der Waals surface area contributed by atoms with Crippen molar-refractivity contribution in [2.24, 2.45) is 12.8 Å². The van der Waals surface area contributed by atoms with Crippen molar-refractivity contribution in [1.82, 2.24) is 9.55 Å². The summed E-state index contributed by atoms with van der Waals surface area (Å²) in [7, 11) is 2.01. The normalized spacial score (nSPS) is 11.1. The summed E-state index contributed by atoms with van der Waals surface area (Å²) in [6.07, 6.45) is 0. The lowest BCUT2D eigenvalue weighted by atomic mass is 10.1. The largest absolute Gasteiger partial charge is 0.330 e. The molecule has 0 radical (unpaired) electrons. The van der Waals surface area contributed by atoms with Crippen LogP contribution in [0.1, 0.15) is 17.0 Å². The second-order valence-electron chi connectivity index (χ2n) is 3.72. The van der Waals surface area contributed by atoms with Crippen molar-refractivity contribution in [3.63, 3.8) is 0 Å². The highest BCUT2D eigenvalue weighted by Gasteiger charge is 2.07. The van der Waals surface area contributed by atoms with Crippen molar-refractivity contribution >= 4 is 11.0 Å². The van der Waals surface area contributed by atoms with Gasteiger partial charge < -0.3 is 10.3 Å². The van der Waals surface area contributed by atoms with Gasteiger partial charge in [0, 0.05) is 7.05 Å². The molecule has 1 aromatic carbocycles. The van der Waals surface area contributed by atoms with Gasteiger partial charge in [-0.3, -0.25) is 0 Å². The Balaban J connectivity index is 2.80. The summed E-state index contributed by atoms with van der Waals surface area (Å²) in [5.74, 6) is 0.935. The first kappa shape index (κ1) is 9.21. The third kappa shape index (κ3) is 1.21. The van der Waals surface area contributed by atoms with Crippen LogP contribution in [0.2, 0.25) is 0 Å². The fourth-order valence-electron chi connectivity index (χ4n) is 1.68. The van der Waals surface area contributed by atoms with Crippen molar-refractivity contribution in [3.05, 3.63) is 29.1 Å². The Bertz CT molecular complexity index is 483. The first-order valence-electron chi connectivity index (χ1n) is 4.76. The van der Waals surface area contributed by atoms with Gasteiger partial charge in [-0.1, -0.05) is 0 Å². The number of aryl methyl sites for hydroxylation is 3. The van der Waals surface area contributed by atoms with E-state index in [1.807, 2.05) is 7.05 Å². The fourth-order valence-corrected chi connectivity index (χ4v) is 1.68. The average Bonchev–Trinajstić information content (AvgIpc) is 2.45. The molecule has 0 amide bonds. The highest BCUT2D eigenvalue weighted by Crippen LogP contribution is 2.19. The number of aromatic nitrogens is 2. The van der Waals surface area contributed by atoms with Crippen LogP contribution in [0, 0.1) is 13.8 Å². The van der Waals surface area contributed by atoms with Gasteiger partial charge in [0.2, 0.25) is 0 Å². The Hall–Kier alpha value is -1.35. The van der Waals surface area contributed by atoms with Gasteiger partial charge in [0.25, 0.3) is 0 Å². The van der Waals surface area contributed by atoms with Crippen molar-refractivity contribution in [3.8, 4) is 0 Å². The highest BCUT2D eigenvalue weighted by molar-refractivity contribution is 5.78. The second kappa shape index (κ2) is 3.10. The van der Waals surface area contributed by atoms with Crippen molar-refractivity contribution < 1.29 is 0 Å². The predicted octanol–water partition coefficient (Wildman–Crippen LogP) is 1.65. The van der Waals surface area contributed by atoms with Crippen LogP contribution in [-0.2, 0) is 13.6 Å². The summed E-state index contributed by atoms with van der Waals surface area (Å²) >= 11 is 0. The van der Waals surface area contributed by atoms with Gasteiger partial charge in [0.1, 0.15) is 5.82 Å². The van der Waals surface area contributed by atoms with Crippen LogP contribution in [0.5, 0.6) is 0 Å². The Kier molecular flexibility index (Phi) is 2.04. The summed E-state index contributed by atoms with van der Waals surface area (Å²) < 4.78 is 2.06. The van der Waals surface area contributed by atoms with Gasteiger partial charge in [-0.2, -0.15) is 0 Å². The SMILES string of the molecule is Cc1cc2nc(CN)n(C)c2cc1C. The minimum absolute atomic E-state index is 0.489. The van der Waals surface area contributed by atoms with E-state index < -0.39 is 0 Å². The molecular weight excluding hydrogens is 174 g/mol. The smallest absolute Gasteiger partial charge is 0.123 e. The van der Waals surface area contributed by atoms with Gasteiger partial charge in [-0.25, -0.2) is 4.98 Å². The van der Waals surface area contributed by atoms with Gasteiger partial charge in [-0.15, -0.1) is 0 Å². The van der Waals surface area contributed by atoms with Gasteiger partial charge >= 0.3 is 0 Å². The lowest BCUT2D eigenvalue weighted by molar-refractivity contribution is 0.813. The van der Waals surface area contributed by atoms with Crippen molar-refractivity contribution in [1.29, 1.82) is 0 Å². The zero-order valence-corrected chi connectivity index (χ0v) is 8.83. The predicted molar refractivity (Wildman–Crippen MR) is 58.1 cm³/mol. The van der Waals surface area contributed by atoms with E-state index in [0.29, 0.717) is 6.54 Å². The third-order valence-electron chi connectivity index (χ3n) is 2.77. The standard InChI is InChI=1S/C11H15N3/c1-7-4-9-10(5-8(7)2)14(3)11(6-12)13-9/h4-5H,6,12H2,1-3H3. The molecule has 0 saturated carbocycles. The molecule has 2 aromatic rings. The molecule has 0 aliphatic heterocycles. The number of imidazole rings is 1. The molecule has 0 atom stereocenters. The molecule has 14 heavy (non-hydrogen) atoms. The minimum Gasteiger partial charge on any atom is -0.330 e. The first-order chi connectivity index (χ1) is 6.63. The van der Waals surface area contributed by atoms with E-state index in [0.717, 1.165) is 16.9 Å². The number of hydrogen-bond acceptors (Lipinski definition) is 2. The molecule has 0 saturated heterocycles. The Morgan fingerprint density at radius 1 is 1.29 bits per heavy atom. The van der Waals surface area contributed by atoms with Crippen LogP contribution in [0.3, 0.4) is 0 Å². The second-order valence-corrected chi connectivity index (χ2v) is 3.72. The lowest BCUT2D eigenvalue weighted by Gasteiger charge is -2.01. The van der Waals surface area contributed by atoms with E-state index in [9.17, 15) is 0 Å². The summed E-state index contributed by atoms with van der Waals surface area (Å²) in [6, 6.07) is 4.28. The van der Waals surface area contributed by atoms with E-state index in [2.05, 4.69) is 35.5 Å². The minimum atomic E-state index is 0.489. The number of nitrogens with zero attached hydrogens (tertiary/aromatic N) is 2. The number of benzene rings is 1. The summed E-state index contributed by atoms with van der Waals surface area (Å²) in [4.78, 5) is 4.47. The maximum atomic E-state index is 5.61. The zero-order chi connectivity index (χ0) is 10.3. The zero-order valence-electron chi connectivity index (χ0n) is 8.83. The van der Waals surface area contributed by atoms with Gasteiger partial charge in [0.05, 0.1) is 17.6 Å². The summed E-state index contributed by atoms with van der Waals surface area (Å²) in [6.45, 7) is 4.71. The van der Waals surface area contributed by atoms with E-state index >= 15 is 0 Å². The van der Waals surface area contributed by atoms with E-state index in [1.54, 1.807) is 0 Å². The van der Waals surface area contributed by atoms with E-state index in [1.165, 1.54) is 11.1 Å². The Labute approximate surface area is 83.6 Å². The maximum Gasteiger partial charge on any atom is 0.123 e. The monoisotopic (exact) mass is 189 g/mol. The molecular formula is C11H15N3. The molecule has 1 heterocycles. The van der Waals surface area contributed by atoms with Crippen molar-refractivity contribution in [2.75, 3.05) is 0 Å². The average molecular weight is 189 g/mol. The van der Waals surface area contributed by atoms with Gasteiger partial charge in [-0.05, 0) is 37.1 Å². The third-order valence-corrected chi connectivity index (χ3v) is 2.77. The molecule has 0 aliphatic rings. The molecule has 2 rings (SSSR count). The highest BCUT2D eigenvalue weighted by atomic mass is 15.1. The van der Waals surface area contributed by atoms with Crippen LogP contribution < -0.4 is 5.73 Å². The first-order valence-corrected chi connectivity index (χ1v) is 4.76.